The van der Waals surface area contributed by atoms with Crippen molar-refractivity contribution in [2.24, 2.45) is 0 Å². The van der Waals surface area contributed by atoms with Crippen LogP contribution in [0.25, 0.3) is 0 Å². The summed E-state index contributed by atoms with van der Waals surface area (Å²) < 4.78 is 39.4. The fourth-order valence-electron chi connectivity index (χ4n) is 3.67. The van der Waals surface area contributed by atoms with Crippen molar-refractivity contribution in [3.63, 3.8) is 0 Å². The predicted molar refractivity (Wildman–Crippen MR) is 117 cm³/mol. The molecule has 34 heavy (non-hydrogen) atoms. The van der Waals surface area contributed by atoms with Crippen LogP contribution in [0.15, 0.2) is 12.1 Å². The number of aliphatic hydroxyl groups is 2. The number of benzene rings is 1. The number of nitrogens with zero attached hydrogens (tertiary/aromatic N) is 2. The predicted octanol–water partition coefficient (Wildman–Crippen LogP) is 3.88. The molecule has 0 aromatic heterocycles. The molecule has 2 fully saturated rings. The molecule has 2 unspecified atom stereocenters. The Bertz CT molecular complexity index is 950. The van der Waals surface area contributed by atoms with E-state index in [0.29, 0.717) is 11.0 Å². The Morgan fingerprint density at radius 3 is 2.21 bits per heavy atom. The Morgan fingerprint density at radius 1 is 1.21 bits per heavy atom. The van der Waals surface area contributed by atoms with Crippen molar-refractivity contribution >= 4 is 29.4 Å². The molecular weight excluding hydrogens is 479 g/mol. The first-order chi connectivity index (χ1) is 15.8. The third kappa shape index (κ3) is 5.64. The number of imide groups is 1. The normalized spacial score (nSPS) is 22.3. The van der Waals surface area contributed by atoms with Gasteiger partial charge in [-0.25, -0.2) is 4.79 Å². The number of halogens is 4. The summed E-state index contributed by atoms with van der Waals surface area (Å²) in [6.45, 7) is 5.34. The average molecular weight is 508 g/mol. The molecule has 3 aliphatic rings. The molecule has 1 aromatic carbocycles. The fourth-order valence-corrected chi connectivity index (χ4v) is 3.94. The lowest BCUT2D eigenvalue weighted by molar-refractivity contribution is -0.266. The van der Waals surface area contributed by atoms with E-state index in [4.69, 9.17) is 11.6 Å². The van der Waals surface area contributed by atoms with Gasteiger partial charge in [0, 0.05) is 19.0 Å². The van der Waals surface area contributed by atoms with Crippen LogP contribution in [0.4, 0.5) is 18.0 Å². The number of alkyl halides is 3. The molecule has 1 saturated heterocycles. The number of carbonyl (C=O) groups excluding carboxylic acids is 3. The zero-order valence-corrected chi connectivity index (χ0v) is 20.1. The first kappa shape index (κ1) is 27.9. The van der Waals surface area contributed by atoms with E-state index in [-0.39, 0.29) is 24.0 Å². The number of amides is 4. The standard InChI is InChI=1S/C17H17ClF3N3O5.C3H6.C2H6/c1-7-8-5-10(16(19,20)21)11(18)6-9(8)17(28,29)24(7)13(25)4-3-12-14(26)22-15(27)23(12)2;1-2-3-1;1-2/h5-7,12,28-29H,3-4H2,1-2H3,(H,22,26,27);1-3H2;1-2H3. The first-order valence-electron chi connectivity index (χ1n) is 11.0. The van der Waals surface area contributed by atoms with Crippen LogP contribution in [-0.4, -0.2) is 50.9 Å². The quantitative estimate of drug-likeness (QED) is 0.425. The Hall–Kier alpha value is -2.37. The van der Waals surface area contributed by atoms with Crippen molar-refractivity contribution in [2.45, 2.75) is 77.0 Å². The zero-order valence-electron chi connectivity index (χ0n) is 19.4. The summed E-state index contributed by atoms with van der Waals surface area (Å²) >= 11 is 5.66. The molecule has 0 radical (unpaired) electrons. The molecule has 4 amide bonds. The molecule has 1 aliphatic carbocycles. The van der Waals surface area contributed by atoms with Gasteiger partial charge in [0.2, 0.25) is 5.91 Å². The minimum absolute atomic E-state index is 0.100. The van der Waals surface area contributed by atoms with Crippen molar-refractivity contribution < 1.29 is 37.8 Å². The van der Waals surface area contributed by atoms with Crippen LogP contribution < -0.4 is 5.32 Å². The van der Waals surface area contributed by atoms with Gasteiger partial charge in [0.1, 0.15) is 6.04 Å². The molecule has 2 aliphatic heterocycles. The van der Waals surface area contributed by atoms with E-state index in [1.807, 2.05) is 13.8 Å². The molecule has 3 N–H and O–H groups in total. The maximum absolute atomic E-state index is 13.1. The summed E-state index contributed by atoms with van der Waals surface area (Å²) in [5, 5.41) is 22.3. The Kier molecular flexibility index (Phi) is 8.60. The number of rotatable bonds is 3. The van der Waals surface area contributed by atoms with Gasteiger partial charge >= 0.3 is 12.2 Å². The highest BCUT2D eigenvalue weighted by Gasteiger charge is 2.51. The molecule has 8 nitrogen and oxygen atoms in total. The van der Waals surface area contributed by atoms with Crippen molar-refractivity contribution in [1.82, 2.24) is 15.1 Å². The number of hydrogen-bond acceptors (Lipinski definition) is 5. The van der Waals surface area contributed by atoms with E-state index in [2.05, 4.69) is 5.32 Å². The number of carbonyl (C=O) groups is 3. The summed E-state index contributed by atoms with van der Waals surface area (Å²) in [4.78, 5) is 37.6. The molecular formula is C22H29ClF3N3O5. The maximum Gasteiger partial charge on any atom is 0.417 e. The van der Waals surface area contributed by atoms with Crippen molar-refractivity contribution in [3.05, 3.63) is 33.8 Å². The highest BCUT2D eigenvalue weighted by atomic mass is 35.5. The average Bonchev–Trinajstić information content (AvgIpc) is 3.58. The van der Waals surface area contributed by atoms with Gasteiger partial charge in [-0.05, 0) is 31.0 Å². The second-order valence-electron chi connectivity index (χ2n) is 8.01. The van der Waals surface area contributed by atoms with E-state index >= 15 is 0 Å². The van der Waals surface area contributed by atoms with Crippen LogP contribution in [0.3, 0.4) is 0 Å². The van der Waals surface area contributed by atoms with Crippen LogP contribution >= 0.6 is 11.6 Å². The third-order valence-corrected chi connectivity index (χ3v) is 5.87. The topological polar surface area (TPSA) is 110 Å². The molecule has 0 bridgehead atoms. The second-order valence-corrected chi connectivity index (χ2v) is 8.42. The number of fused-ring (bicyclic) bond motifs is 1. The van der Waals surface area contributed by atoms with Gasteiger partial charge in [0.15, 0.2) is 0 Å². The molecule has 1 saturated carbocycles. The minimum Gasteiger partial charge on any atom is -0.345 e. The minimum atomic E-state index is -4.76. The zero-order chi connectivity index (χ0) is 26.0. The van der Waals surface area contributed by atoms with E-state index in [1.165, 1.54) is 33.2 Å². The summed E-state index contributed by atoms with van der Waals surface area (Å²) in [6, 6.07) is -1.16. The van der Waals surface area contributed by atoms with Gasteiger partial charge in [-0.15, -0.1) is 0 Å². The lowest BCUT2D eigenvalue weighted by Crippen LogP contribution is -2.46. The van der Waals surface area contributed by atoms with Gasteiger partial charge in [-0.1, -0.05) is 44.7 Å². The summed E-state index contributed by atoms with van der Waals surface area (Å²) in [6.07, 6.45) is -0.711. The fraction of sp³-hybridized carbons (Fsp3) is 0.591. The maximum atomic E-state index is 13.1. The molecule has 2 atom stereocenters. The molecule has 190 valence electrons. The smallest absolute Gasteiger partial charge is 0.345 e. The summed E-state index contributed by atoms with van der Waals surface area (Å²) in [7, 11) is 1.37. The van der Waals surface area contributed by atoms with Crippen LogP contribution in [-0.2, 0) is 21.7 Å². The van der Waals surface area contributed by atoms with Gasteiger partial charge in [0.25, 0.3) is 11.8 Å². The van der Waals surface area contributed by atoms with Crippen molar-refractivity contribution in [1.29, 1.82) is 0 Å². The Morgan fingerprint density at radius 2 is 1.76 bits per heavy atom. The Labute approximate surface area is 200 Å². The van der Waals surface area contributed by atoms with Crippen LogP contribution in [0.5, 0.6) is 0 Å². The van der Waals surface area contributed by atoms with Gasteiger partial charge in [-0.3, -0.25) is 19.8 Å². The Balaban J connectivity index is 0.000000738. The molecule has 12 heteroatoms. The lowest BCUT2D eigenvalue weighted by atomic mass is 10.0. The van der Waals surface area contributed by atoms with E-state index in [1.54, 1.807) is 0 Å². The van der Waals surface area contributed by atoms with E-state index < -0.39 is 52.6 Å². The molecule has 4 rings (SSSR count). The SMILES string of the molecule is C1CC1.CC.CC1c2cc(C(F)(F)F)c(Cl)cc2C(O)(O)N1C(=O)CCC1C(=O)NC(=O)N1C. The highest BCUT2D eigenvalue weighted by Crippen LogP contribution is 2.47. The lowest BCUT2D eigenvalue weighted by Gasteiger charge is -2.32. The van der Waals surface area contributed by atoms with Crippen LogP contribution in [0, 0.1) is 0 Å². The largest absolute Gasteiger partial charge is 0.417 e. The number of urea groups is 1. The number of nitrogens with one attached hydrogen (secondary N) is 1. The van der Waals surface area contributed by atoms with E-state index in [9.17, 15) is 37.8 Å². The van der Waals surface area contributed by atoms with Crippen LogP contribution in [0.2, 0.25) is 5.02 Å². The first-order valence-corrected chi connectivity index (χ1v) is 11.4. The molecule has 2 heterocycles. The van der Waals surface area contributed by atoms with Gasteiger partial charge in [0.05, 0.1) is 16.6 Å². The summed E-state index contributed by atoms with van der Waals surface area (Å²) in [5.41, 5.74) is -1.59. The van der Waals surface area contributed by atoms with Crippen molar-refractivity contribution in [3.8, 4) is 0 Å². The van der Waals surface area contributed by atoms with Gasteiger partial charge in [-0.2, -0.15) is 13.2 Å². The number of hydrogen-bond donors (Lipinski definition) is 3. The monoisotopic (exact) mass is 507 g/mol. The van der Waals surface area contributed by atoms with Crippen LogP contribution in [0.1, 0.15) is 75.6 Å². The van der Waals surface area contributed by atoms with E-state index in [0.717, 1.165) is 11.0 Å². The van der Waals surface area contributed by atoms with Crippen molar-refractivity contribution in [2.75, 3.05) is 7.05 Å². The number of likely N-dealkylation sites (N-methyl/N-ethyl adjacent to an activating group) is 1. The van der Waals surface area contributed by atoms with Gasteiger partial charge < -0.3 is 15.1 Å². The second kappa shape index (κ2) is 10.5. The third-order valence-electron chi connectivity index (χ3n) is 5.55. The highest BCUT2D eigenvalue weighted by molar-refractivity contribution is 6.31. The molecule has 1 aromatic rings. The summed E-state index contributed by atoms with van der Waals surface area (Å²) in [5.74, 6) is -4.29. The molecule has 0 spiro atoms.